The molecule has 0 aliphatic rings. The standard InChI is InChI=1S/C14H16ClNO4S3/c1-2-22(17,18)16-10-14(13-4-3-9-21-13)23(19,20)12-7-5-11(15)6-8-12/h3-9,14,16H,2,10H2,1H3/t14-/m1/s1. The summed E-state index contributed by atoms with van der Waals surface area (Å²) >= 11 is 7.07. The maximum Gasteiger partial charge on any atom is 0.211 e. The zero-order valence-corrected chi connectivity index (χ0v) is 15.5. The summed E-state index contributed by atoms with van der Waals surface area (Å²) in [6.07, 6.45) is 0. The fraction of sp³-hybridized carbons (Fsp3) is 0.286. The van der Waals surface area contributed by atoms with Crippen molar-refractivity contribution >= 4 is 42.8 Å². The normalized spacial score (nSPS) is 13.8. The molecule has 2 aromatic rings. The molecule has 0 amide bonds. The molecule has 0 fully saturated rings. The highest BCUT2D eigenvalue weighted by Crippen LogP contribution is 2.32. The van der Waals surface area contributed by atoms with Crippen LogP contribution < -0.4 is 4.72 Å². The number of hydrogen-bond donors (Lipinski definition) is 1. The van der Waals surface area contributed by atoms with Gasteiger partial charge in [0.2, 0.25) is 10.0 Å². The first kappa shape index (κ1) is 18.4. The second kappa shape index (κ2) is 7.31. The molecular weight excluding hydrogens is 378 g/mol. The van der Waals surface area contributed by atoms with Gasteiger partial charge in [0.25, 0.3) is 0 Å². The van der Waals surface area contributed by atoms with Gasteiger partial charge in [0, 0.05) is 16.4 Å². The summed E-state index contributed by atoms with van der Waals surface area (Å²) in [6.45, 7) is 1.29. The Bertz CT molecular complexity index is 844. The van der Waals surface area contributed by atoms with Gasteiger partial charge < -0.3 is 0 Å². The van der Waals surface area contributed by atoms with Crippen molar-refractivity contribution in [1.29, 1.82) is 0 Å². The summed E-state index contributed by atoms with van der Waals surface area (Å²) in [7, 11) is -7.23. The van der Waals surface area contributed by atoms with Gasteiger partial charge in [-0.2, -0.15) is 0 Å². The molecule has 0 aliphatic carbocycles. The Hall–Kier alpha value is -0.930. The lowest BCUT2D eigenvalue weighted by atomic mass is 10.3. The van der Waals surface area contributed by atoms with Crippen LogP contribution in [-0.4, -0.2) is 29.1 Å². The molecule has 9 heteroatoms. The summed E-state index contributed by atoms with van der Waals surface area (Å²) < 4.78 is 51.4. The van der Waals surface area contributed by atoms with Crippen molar-refractivity contribution in [3.8, 4) is 0 Å². The average molecular weight is 394 g/mol. The molecule has 0 spiro atoms. The molecule has 1 aromatic heterocycles. The molecule has 0 saturated heterocycles. The predicted molar refractivity (Wildman–Crippen MR) is 93.2 cm³/mol. The van der Waals surface area contributed by atoms with Crippen molar-refractivity contribution < 1.29 is 16.8 Å². The van der Waals surface area contributed by atoms with Gasteiger partial charge in [-0.15, -0.1) is 11.3 Å². The Morgan fingerprint density at radius 1 is 1.13 bits per heavy atom. The lowest BCUT2D eigenvalue weighted by Gasteiger charge is -2.17. The van der Waals surface area contributed by atoms with E-state index in [1.54, 1.807) is 17.5 Å². The number of thiophene rings is 1. The molecule has 0 saturated carbocycles. The van der Waals surface area contributed by atoms with E-state index < -0.39 is 25.1 Å². The molecule has 1 N–H and O–H groups in total. The van der Waals surface area contributed by atoms with Gasteiger partial charge in [-0.05, 0) is 42.6 Å². The molecule has 5 nitrogen and oxygen atoms in total. The average Bonchev–Trinajstić information content (AvgIpc) is 3.01. The number of sulfone groups is 1. The molecule has 2 rings (SSSR count). The second-order valence-electron chi connectivity index (χ2n) is 4.75. The fourth-order valence-electron chi connectivity index (χ4n) is 1.93. The van der Waals surface area contributed by atoms with Gasteiger partial charge >= 0.3 is 0 Å². The molecule has 0 bridgehead atoms. The van der Waals surface area contributed by atoms with E-state index in [9.17, 15) is 16.8 Å². The van der Waals surface area contributed by atoms with E-state index in [2.05, 4.69) is 4.72 Å². The van der Waals surface area contributed by atoms with Crippen LogP contribution in [0.2, 0.25) is 5.02 Å². The van der Waals surface area contributed by atoms with E-state index in [-0.39, 0.29) is 17.2 Å². The zero-order valence-electron chi connectivity index (χ0n) is 12.3. The van der Waals surface area contributed by atoms with E-state index in [1.165, 1.54) is 42.5 Å². The van der Waals surface area contributed by atoms with Crippen molar-refractivity contribution in [1.82, 2.24) is 4.72 Å². The van der Waals surface area contributed by atoms with Gasteiger partial charge in [0.05, 0.1) is 10.6 Å². The second-order valence-corrected chi connectivity index (χ2v) is 10.4. The van der Waals surface area contributed by atoms with Crippen LogP contribution in [0, 0.1) is 0 Å². The number of benzene rings is 1. The largest absolute Gasteiger partial charge is 0.223 e. The maximum absolute atomic E-state index is 12.9. The molecule has 126 valence electrons. The third kappa shape index (κ3) is 4.54. The van der Waals surface area contributed by atoms with Crippen molar-refractivity contribution in [2.24, 2.45) is 0 Å². The Balaban J connectivity index is 2.39. The van der Waals surface area contributed by atoms with Crippen molar-refractivity contribution in [2.45, 2.75) is 17.1 Å². The van der Waals surface area contributed by atoms with Gasteiger partial charge in [-0.3, -0.25) is 0 Å². The lowest BCUT2D eigenvalue weighted by molar-refractivity contribution is 0.570. The van der Waals surface area contributed by atoms with Crippen LogP contribution in [0.3, 0.4) is 0 Å². The molecule has 0 radical (unpaired) electrons. The highest BCUT2D eigenvalue weighted by atomic mass is 35.5. The minimum Gasteiger partial charge on any atom is -0.223 e. The van der Waals surface area contributed by atoms with Crippen LogP contribution in [0.1, 0.15) is 17.1 Å². The van der Waals surface area contributed by atoms with Crippen LogP contribution in [0.15, 0.2) is 46.7 Å². The van der Waals surface area contributed by atoms with Crippen molar-refractivity contribution in [3.05, 3.63) is 51.7 Å². The van der Waals surface area contributed by atoms with Crippen LogP contribution in [0.25, 0.3) is 0 Å². The van der Waals surface area contributed by atoms with Crippen LogP contribution in [0.5, 0.6) is 0 Å². The first-order valence-corrected chi connectivity index (χ1v) is 11.2. The van der Waals surface area contributed by atoms with Gasteiger partial charge in [-0.25, -0.2) is 21.6 Å². The van der Waals surface area contributed by atoms with E-state index >= 15 is 0 Å². The number of halogens is 1. The summed E-state index contributed by atoms with van der Waals surface area (Å²) in [4.78, 5) is 0.690. The van der Waals surface area contributed by atoms with Crippen LogP contribution in [0.4, 0.5) is 0 Å². The molecule has 23 heavy (non-hydrogen) atoms. The number of hydrogen-bond acceptors (Lipinski definition) is 5. The number of rotatable bonds is 7. The molecule has 1 aromatic carbocycles. The van der Waals surface area contributed by atoms with E-state index in [0.29, 0.717) is 9.90 Å². The zero-order chi connectivity index (χ0) is 17.1. The van der Waals surface area contributed by atoms with E-state index in [0.717, 1.165) is 0 Å². The third-order valence-electron chi connectivity index (χ3n) is 3.25. The van der Waals surface area contributed by atoms with Crippen LogP contribution in [-0.2, 0) is 19.9 Å². The molecule has 1 atom stereocenters. The maximum atomic E-state index is 12.9. The molecule has 0 aliphatic heterocycles. The van der Waals surface area contributed by atoms with Crippen molar-refractivity contribution in [3.63, 3.8) is 0 Å². The number of nitrogens with one attached hydrogen (secondary N) is 1. The quantitative estimate of drug-likeness (QED) is 0.784. The molecular formula is C14H16ClNO4S3. The summed E-state index contributed by atoms with van der Waals surface area (Å²) in [6, 6.07) is 9.26. The SMILES string of the molecule is CCS(=O)(=O)NC[C@H](c1cccs1)S(=O)(=O)c1ccc(Cl)cc1. The lowest BCUT2D eigenvalue weighted by Crippen LogP contribution is -2.32. The van der Waals surface area contributed by atoms with E-state index in [4.69, 9.17) is 11.6 Å². The highest BCUT2D eigenvalue weighted by Gasteiger charge is 2.31. The smallest absolute Gasteiger partial charge is 0.211 e. The minimum absolute atomic E-state index is 0.106. The summed E-state index contributed by atoms with van der Waals surface area (Å²) in [5.74, 6) is -0.106. The first-order chi connectivity index (χ1) is 10.8. The number of sulfonamides is 1. The topological polar surface area (TPSA) is 80.3 Å². The molecule has 0 unspecified atom stereocenters. The van der Waals surface area contributed by atoms with E-state index in [1.807, 2.05) is 0 Å². The Labute approximate surface area is 145 Å². The third-order valence-corrected chi connectivity index (χ3v) is 8.10. The summed E-state index contributed by atoms with van der Waals surface area (Å²) in [5.41, 5.74) is 0. The first-order valence-electron chi connectivity index (χ1n) is 6.76. The van der Waals surface area contributed by atoms with Gasteiger partial charge in [0.1, 0.15) is 5.25 Å². The fourth-order valence-corrected chi connectivity index (χ4v) is 5.57. The molecule has 1 heterocycles. The highest BCUT2D eigenvalue weighted by molar-refractivity contribution is 7.92. The van der Waals surface area contributed by atoms with Crippen molar-refractivity contribution in [2.75, 3.05) is 12.3 Å². The monoisotopic (exact) mass is 393 g/mol. The van der Waals surface area contributed by atoms with Gasteiger partial charge in [-0.1, -0.05) is 17.7 Å². The Morgan fingerprint density at radius 3 is 2.30 bits per heavy atom. The van der Waals surface area contributed by atoms with Crippen LogP contribution >= 0.6 is 22.9 Å². The predicted octanol–water partition coefficient (Wildman–Crippen LogP) is 2.86. The Kier molecular flexibility index (Phi) is 5.85. The minimum atomic E-state index is -3.75. The summed E-state index contributed by atoms with van der Waals surface area (Å²) in [5, 5.41) is 1.21. The van der Waals surface area contributed by atoms with Gasteiger partial charge in [0.15, 0.2) is 9.84 Å². The Morgan fingerprint density at radius 2 is 1.78 bits per heavy atom.